The number of hydrogen-bond donors (Lipinski definition) is 1. The molecule has 0 saturated carbocycles. The summed E-state index contributed by atoms with van der Waals surface area (Å²) in [5.41, 5.74) is 1.26. The van der Waals surface area contributed by atoms with Crippen LogP contribution in [0, 0.1) is 6.92 Å². The van der Waals surface area contributed by atoms with Crippen molar-refractivity contribution in [3.05, 3.63) is 24.0 Å². The first-order valence-electron chi connectivity index (χ1n) is 4.27. The predicted molar refractivity (Wildman–Crippen MR) is 50.4 cm³/mol. The van der Waals surface area contributed by atoms with Crippen LogP contribution in [0.25, 0.3) is 11.3 Å². The largest absolute Gasteiger partial charge is 0.476 e. The smallest absolute Gasteiger partial charge is 0.358 e. The fraction of sp³-hybridized carbons (Fsp3) is 0.222. The molecule has 2 heterocycles. The molecule has 0 unspecified atom stereocenters. The number of carbonyl (C=O) groups is 1. The summed E-state index contributed by atoms with van der Waals surface area (Å²) in [5.74, 6) is -0.866. The van der Waals surface area contributed by atoms with Gasteiger partial charge in [0.2, 0.25) is 0 Å². The van der Waals surface area contributed by atoms with E-state index in [2.05, 4.69) is 10.1 Å². The molecular weight excluding hydrogens is 198 g/mol. The molecule has 0 atom stereocenters. The number of aromatic carboxylic acids is 1. The maximum atomic E-state index is 10.8. The summed E-state index contributed by atoms with van der Waals surface area (Å²) >= 11 is 0. The highest BCUT2D eigenvalue weighted by Crippen LogP contribution is 2.25. The van der Waals surface area contributed by atoms with Gasteiger partial charge < -0.3 is 9.52 Å². The molecule has 1 N–H and O–H groups in total. The molecule has 6 heteroatoms. The zero-order valence-electron chi connectivity index (χ0n) is 8.26. The first-order valence-corrected chi connectivity index (χ1v) is 4.27. The lowest BCUT2D eigenvalue weighted by Gasteiger charge is -1.93. The molecule has 78 valence electrons. The Balaban J connectivity index is 2.58. The fourth-order valence-corrected chi connectivity index (χ4v) is 1.41. The molecular formula is C9H9N3O3. The van der Waals surface area contributed by atoms with Gasteiger partial charge in [-0.15, -0.1) is 0 Å². The molecule has 2 rings (SSSR count). The van der Waals surface area contributed by atoms with Gasteiger partial charge in [-0.2, -0.15) is 5.10 Å². The van der Waals surface area contributed by atoms with Crippen molar-refractivity contribution in [3.8, 4) is 11.3 Å². The van der Waals surface area contributed by atoms with Crippen molar-refractivity contribution in [2.75, 3.05) is 0 Å². The van der Waals surface area contributed by atoms with Gasteiger partial charge >= 0.3 is 5.97 Å². The van der Waals surface area contributed by atoms with Crippen molar-refractivity contribution in [2.45, 2.75) is 6.92 Å². The van der Waals surface area contributed by atoms with E-state index in [0.29, 0.717) is 11.3 Å². The number of carboxylic acid groups (broad SMARTS) is 1. The number of aromatic nitrogens is 3. The van der Waals surface area contributed by atoms with E-state index in [1.54, 1.807) is 24.9 Å². The third-order valence-corrected chi connectivity index (χ3v) is 2.03. The topological polar surface area (TPSA) is 81.2 Å². The summed E-state index contributed by atoms with van der Waals surface area (Å²) in [4.78, 5) is 14.5. The summed E-state index contributed by atoms with van der Waals surface area (Å²) < 4.78 is 6.66. The van der Waals surface area contributed by atoms with Crippen molar-refractivity contribution in [2.24, 2.45) is 7.05 Å². The Morgan fingerprint density at radius 3 is 2.87 bits per heavy atom. The summed E-state index contributed by atoms with van der Waals surface area (Å²) in [5, 5.41) is 13.0. The Kier molecular flexibility index (Phi) is 2.03. The maximum Gasteiger partial charge on any atom is 0.358 e. The van der Waals surface area contributed by atoms with Crippen LogP contribution in [-0.4, -0.2) is 25.8 Å². The second-order valence-corrected chi connectivity index (χ2v) is 3.14. The standard InChI is InChI=1S/C9H9N3O3/c1-5-6(3-12(2)11-5)8-7(9(13)14)10-4-15-8/h3-4H,1-2H3,(H,13,14). The summed E-state index contributed by atoms with van der Waals surface area (Å²) in [7, 11) is 1.76. The minimum atomic E-state index is -1.11. The van der Waals surface area contributed by atoms with E-state index in [0.717, 1.165) is 6.39 Å². The lowest BCUT2D eigenvalue weighted by Crippen LogP contribution is -1.98. The van der Waals surface area contributed by atoms with E-state index in [9.17, 15) is 4.79 Å². The molecule has 0 amide bonds. The minimum absolute atomic E-state index is 0.0916. The lowest BCUT2D eigenvalue weighted by atomic mass is 10.2. The Labute approximate surface area is 85.2 Å². The number of oxazole rings is 1. The molecule has 0 saturated heterocycles. The van der Waals surface area contributed by atoms with E-state index in [4.69, 9.17) is 9.52 Å². The van der Waals surface area contributed by atoms with Crippen molar-refractivity contribution in [1.82, 2.24) is 14.8 Å². The molecule has 0 fully saturated rings. The number of hydrogen-bond acceptors (Lipinski definition) is 4. The maximum absolute atomic E-state index is 10.8. The van der Waals surface area contributed by atoms with Crippen LogP contribution in [0.4, 0.5) is 0 Å². The average molecular weight is 207 g/mol. The third-order valence-electron chi connectivity index (χ3n) is 2.03. The first kappa shape index (κ1) is 9.45. The third kappa shape index (κ3) is 1.50. The van der Waals surface area contributed by atoms with Crippen LogP contribution in [0.1, 0.15) is 16.2 Å². The molecule has 0 radical (unpaired) electrons. The van der Waals surface area contributed by atoms with Crippen LogP contribution in [0.3, 0.4) is 0 Å². The van der Waals surface area contributed by atoms with Gasteiger partial charge in [-0.05, 0) is 6.92 Å². The second-order valence-electron chi connectivity index (χ2n) is 3.14. The van der Waals surface area contributed by atoms with E-state index in [-0.39, 0.29) is 11.5 Å². The molecule has 2 aromatic heterocycles. The first-order chi connectivity index (χ1) is 7.09. The molecule has 0 aliphatic carbocycles. The zero-order chi connectivity index (χ0) is 11.0. The summed E-state index contributed by atoms with van der Waals surface area (Å²) in [6, 6.07) is 0. The number of carboxylic acids is 1. The van der Waals surface area contributed by atoms with Gasteiger partial charge in [0.1, 0.15) is 0 Å². The van der Waals surface area contributed by atoms with Crippen LogP contribution >= 0.6 is 0 Å². The molecule has 2 aromatic rings. The highest BCUT2D eigenvalue weighted by molar-refractivity contribution is 5.92. The van der Waals surface area contributed by atoms with Gasteiger partial charge in [0.25, 0.3) is 0 Å². The fourth-order valence-electron chi connectivity index (χ4n) is 1.41. The van der Waals surface area contributed by atoms with Gasteiger partial charge in [0, 0.05) is 13.2 Å². The molecule has 15 heavy (non-hydrogen) atoms. The SMILES string of the molecule is Cc1nn(C)cc1-c1ocnc1C(=O)O. The average Bonchev–Trinajstić information content (AvgIpc) is 2.71. The van der Waals surface area contributed by atoms with E-state index >= 15 is 0 Å². The Bertz CT molecular complexity index is 512. The molecule has 0 aliphatic heterocycles. The Morgan fingerprint density at radius 1 is 1.60 bits per heavy atom. The zero-order valence-corrected chi connectivity index (χ0v) is 8.26. The second kappa shape index (κ2) is 3.23. The van der Waals surface area contributed by atoms with Crippen molar-refractivity contribution in [1.29, 1.82) is 0 Å². The van der Waals surface area contributed by atoms with Gasteiger partial charge in [-0.1, -0.05) is 0 Å². The molecule has 0 aliphatic rings. The highest BCUT2D eigenvalue weighted by atomic mass is 16.4. The van der Waals surface area contributed by atoms with Crippen molar-refractivity contribution < 1.29 is 14.3 Å². The predicted octanol–water partition coefficient (Wildman–Crippen LogP) is 1.08. The number of rotatable bonds is 2. The van der Waals surface area contributed by atoms with E-state index in [1.165, 1.54) is 0 Å². The number of aryl methyl sites for hydroxylation is 2. The van der Waals surface area contributed by atoms with Crippen LogP contribution in [-0.2, 0) is 7.05 Å². The Morgan fingerprint density at radius 2 is 2.33 bits per heavy atom. The van der Waals surface area contributed by atoms with E-state index < -0.39 is 5.97 Å². The van der Waals surface area contributed by atoms with Crippen LogP contribution in [0.5, 0.6) is 0 Å². The highest BCUT2D eigenvalue weighted by Gasteiger charge is 2.20. The normalized spacial score (nSPS) is 10.5. The van der Waals surface area contributed by atoms with Crippen molar-refractivity contribution in [3.63, 3.8) is 0 Å². The summed E-state index contributed by atoms with van der Waals surface area (Å²) in [6.07, 6.45) is 2.81. The van der Waals surface area contributed by atoms with E-state index in [1.807, 2.05) is 0 Å². The van der Waals surface area contributed by atoms with Crippen LogP contribution in [0.15, 0.2) is 17.0 Å². The van der Waals surface area contributed by atoms with Crippen LogP contribution in [0.2, 0.25) is 0 Å². The molecule has 0 bridgehead atoms. The van der Waals surface area contributed by atoms with Crippen molar-refractivity contribution >= 4 is 5.97 Å². The summed E-state index contributed by atoms with van der Waals surface area (Å²) in [6.45, 7) is 1.78. The minimum Gasteiger partial charge on any atom is -0.476 e. The van der Waals surface area contributed by atoms with Gasteiger partial charge in [0.15, 0.2) is 17.8 Å². The lowest BCUT2D eigenvalue weighted by molar-refractivity contribution is 0.0691. The molecule has 6 nitrogen and oxygen atoms in total. The van der Waals surface area contributed by atoms with Gasteiger partial charge in [-0.25, -0.2) is 9.78 Å². The van der Waals surface area contributed by atoms with Gasteiger partial charge in [-0.3, -0.25) is 4.68 Å². The Hall–Kier alpha value is -2.11. The molecule has 0 spiro atoms. The number of nitrogens with zero attached hydrogens (tertiary/aromatic N) is 3. The van der Waals surface area contributed by atoms with Crippen LogP contribution < -0.4 is 0 Å². The molecule has 0 aromatic carbocycles. The monoisotopic (exact) mass is 207 g/mol. The van der Waals surface area contributed by atoms with Gasteiger partial charge in [0.05, 0.1) is 11.3 Å². The quantitative estimate of drug-likeness (QED) is 0.796.